The number of likely N-dealkylation sites (tertiary alicyclic amines) is 1. The highest BCUT2D eigenvalue weighted by Gasteiger charge is 2.38. The molecule has 1 amide bonds. The molecule has 0 aliphatic carbocycles. The molecule has 90 valence electrons. The van der Waals surface area contributed by atoms with Gasteiger partial charge in [-0.3, -0.25) is 4.79 Å². The van der Waals surface area contributed by atoms with E-state index in [-0.39, 0.29) is 5.91 Å². The van der Waals surface area contributed by atoms with Gasteiger partial charge in [-0.2, -0.15) is 0 Å². The molecule has 2 aliphatic heterocycles. The number of carbonyl (C=O) groups excluding carboxylic acids is 1. The van der Waals surface area contributed by atoms with Gasteiger partial charge in [-0.1, -0.05) is 12.1 Å². The van der Waals surface area contributed by atoms with Crippen molar-refractivity contribution in [3.63, 3.8) is 0 Å². The van der Waals surface area contributed by atoms with E-state index in [1.807, 2.05) is 29.2 Å². The summed E-state index contributed by atoms with van der Waals surface area (Å²) in [5, 5.41) is 3.40. The Morgan fingerprint density at radius 3 is 2.53 bits per heavy atom. The largest absolute Gasteiger partial charge is 0.338 e. The van der Waals surface area contributed by atoms with Crippen molar-refractivity contribution in [2.24, 2.45) is 11.8 Å². The smallest absolute Gasteiger partial charge is 0.254 e. The second-order valence-corrected chi connectivity index (χ2v) is 6.03. The van der Waals surface area contributed by atoms with Crippen LogP contribution < -0.4 is 5.32 Å². The quantitative estimate of drug-likeness (QED) is 0.786. The van der Waals surface area contributed by atoms with Gasteiger partial charge in [0.15, 0.2) is 0 Å². The Morgan fingerprint density at radius 2 is 1.88 bits per heavy atom. The highest BCUT2D eigenvalue weighted by atomic mass is 127. The van der Waals surface area contributed by atoms with Crippen molar-refractivity contribution in [2.75, 3.05) is 26.2 Å². The van der Waals surface area contributed by atoms with Crippen LogP contribution in [0.1, 0.15) is 10.4 Å². The molecular weight excluding hydrogens is 327 g/mol. The molecular formula is C13H15IN2O. The van der Waals surface area contributed by atoms with Gasteiger partial charge in [0, 0.05) is 29.7 Å². The zero-order valence-corrected chi connectivity index (χ0v) is 11.7. The molecule has 4 heteroatoms. The van der Waals surface area contributed by atoms with Gasteiger partial charge in [-0.05, 0) is 46.6 Å². The summed E-state index contributed by atoms with van der Waals surface area (Å²) in [4.78, 5) is 14.4. The fourth-order valence-corrected chi connectivity index (χ4v) is 3.44. The monoisotopic (exact) mass is 342 g/mol. The standard InChI is InChI=1S/C13H15IN2O/c14-12-4-2-1-3-11(12)13(17)16-7-9-5-15-6-10(9)8-16/h1-4,9-10,15H,5-8H2/t9-,10+. The van der Waals surface area contributed by atoms with E-state index in [1.54, 1.807) is 0 Å². The molecule has 17 heavy (non-hydrogen) atoms. The third-order valence-electron chi connectivity index (χ3n) is 3.78. The van der Waals surface area contributed by atoms with Crippen LogP contribution in [0.25, 0.3) is 0 Å². The van der Waals surface area contributed by atoms with Crippen molar-refractivity contribution in [3.8, 4) is 0 Å². The fourth-order valence-electron chi connectivity index (χ4n) is 2.83. The van der Waals surface area contributed by atoms with Gasteiger partial charge in [0.2, 0.25) is 0 Å². The molecule has 2 atom stereocenters. The summed E-state index contributed by atoms with van der Waals surface area (Å²) in [5.74, 6) is 1.53. The summed E-state index contributed by atoms with van der Waals surface area (Å²) in [6.45, 7) is 3.98. The van der Waals surface area contributed by atoms with Gasteiger partial charge in [0.05, 0.1) is 5.56 Å². The number of rotatable bonds is 1. The molecule has 2 fully saturated rings. The molecule has 2 heterocycles. The van der Waals surface area contributed by atoms with Gasteiger partial charge >= 0.3 is 0 Å². The van der Waals surface area contributed by atoms with Gasteiger partial charge in [-0.25, -0.2) is 0 Å². The lowest BCUT2D eigenvalue weighted by molar-refractivity contribution is 0.0780. The van der Waals surface area contributed by atoms with E-state index in [9.17, 15) is 4.79 Å². The highest BCUT2D eigenvalue weighted by molar-refractivity contribution is 14.1. The Labute approximate surface area is 115 Å². The second-order valence-electron chi connectivity index (χ2n) is 4.87. The van der Waals surface area contributed by atoms with Gasteiger partial charge < -0.3 is 10.2 Å². The van der Waals surface area contributed by atoms with Crippen molar-refractivity contribution in [1.29, 1.82) is 0 Å². The third-order valence-corrected chi connectivity index (χ3v) is 4.72. The van der Waals surface area contributed by atoms with Crippen LogP contribution in [0.3, 0.4) is 0 Å². The number of fused-ring (bicyclic) bond motifs is 1. The average molecular weight is 342 g/mol. The molecule has 3 rings (SSSR count). The lowest BCUT2D eigenvalue weighted by Gasteiger charge is -2.18. The molecule has 2 aliphatic rings. The second kappa shape index (κ2) is 4.57. The normalized spacial score (nSPS) is 27.2. The minimum absolute atomic E-state index is 0.199. The molecule has 0 radical (unpaired) electrons. The van der Waals surface area contributed by atoms with Crippen LogP contribution in [0.5, 0.6) is 0 Å². The zero-order valence-electron chi connectivity index (χ0n) is 9.53. The zero-order chi connectivity index (χ0) is 11.8. The number of benzene rings is 1. The SMILES string of the molecule is O=C(c1ccccc1I)N1C[C@H]2CNC[C@H]2C1. The summed E-state index contributed by atoms with van der Waals surface area (Å²) >= 11 is 2.24. The van der Waals surface area contributed by atoms with Crippen LogP contribution >= 0.6 is 22.6 Å². The first kappa shape index (κ1) is 11.5. The lowest BCUT2D eigenvalue weighted by atomic mass is 10.0. The summed E-state index contributed by atoms with van der Waals surface area (Å²) in [6, 6.07) is 7.83. The average Bonchev–Trinajstić information content (AvgIpc) is 2.88. The number of hydrogen-bond donors (Lipinski definition) is 1. The topological polar surface area (TPSA) is 32.3 Å². The number of amides is 1. The van der Waals surface area contributed by atoms with Crippen LogP contribution in [0, 0.1) is 15.4 Å². The molecule has 0 unspecified atom stereocenters. The van der Waals surface area contributed by atoms with E-state index in [1.165, 1.54) is 0 Å². The minimum atomic E-state index is 0.199. The molecule has 3 nitrogen and oxygen atoms in total. The first-order chi connectivity index (χ1) is 8.25. The maximum atomic E-state index is 12.4. The van der Waals surface area contributed by atoms with Crippen molar-refractivity contribution in [3.05, 3.63) is 33.4 Å². The third kappa shape index (κ3) is 2.08. The molecule has 0 aromatic heterocycles. The fraction of sp³-hybridized carbons (Fsp3) is 0.462. The Bertz CT molecular complexity index is 437. The number of nitrogens with one attached hydrogen (secondary N) is 1. The van der Waals surface area contributed by atoms with Crippen LogP contribution in [0.2, 0.25) is 0 Å². The minimum Gasteiger partial charge on any atom is -0.338 e. The Kier molecular flexibility index (Phi) is 3.08. The molecule has 1 aromatic rings. The first-order valence-electron chi connectivity index (χ1n) is 6.00. The Balaban J connectivity index is 1.78. The summed E-state index contributed by atoms with van der Waals surface area (Å²) < 4.78 is 1.05. The van der Waals surface area contributed by atoms with E-state index < -0.39 is 0 Å². The summed E-state index contributed by atoms with van der Waals surface area (Å²) in [6.07, 6.45) is 0. The number of halogens is 1. The molecule has 1 N–H and O–H groups in total. The highest BCUT2D eigenvalue weighted by Crippen LogP contribution is 2.28. The summed E-state index contributed by atoms with van der Waals surface area (Å²) in [7, 11) is 0. The predicted molar refractivity (Wildman–Crippen MR) is 74.9 cm³/mol. The Hall–Kier alpha value is -0.620. The van der Waals surface area contributed by atoms with Crippen molar-refractivity contribution < 1.29 is 4.79 Å². The van der Waals surface area contributed by atoms with E-state index in [0.29, 0.717) is 11.8 Å². The Morgan fingerprint density at radius 1 is 1.24 bits per heavy atom. The van der Waals surface area contributed by atoms with Crippen molar-refractivity contribution in [2.45, 2.75) is 0 Å². The van der Waals surface area contributed by atoms with E-state index >= 15 is 0 Å². The van der Waals surface area contributed by atoms with Gasteiger partial charge in [0.1, 0.15) is 0 Å². The lowest BCUT2D eigenvalue weighted by Crippen LogP contribution is -2.32. The molecule has 2 saturated heterocycles. The molecule has 0 spiro atoms. The van der Waals surface area contributed by atoms with E-state index in [0.717, 1.165) is 35.3 Å². The van der Waals surface area contributed by atoms with Crippen LogP contribution in [0.4, 0.5) is 0 Å². The number of nitrogens with zero attached hydrogens (tertiary/aromatic N) is 1. The molecule has 0 saturated carbocycles. The summed E-state index contributed by atoms with van der Waals surface area (Å²) in [5.41, 5.74) is 0.848. The number of hydrogen-bond acceptors (Lipinski definition) is 2. The van der Waals surface area contributed by atoms with E-state index in [4.69, 9.17) is 0 Å². The van der Waals surface area contributed by atoms with Crippen molar-refractivity contribution >= 4 is 28.5 Å². The van der Waals surface area contributed by atoms with Gasteiger partial charge in [-0.15, -0.1) is 0 Å². The van der Waals surface area contributed by atoms with Gasteiger partial charge in [0.25, 0.3) is 5.91 Å². The maximum absolute atomic E-state index is 12.4. The van der Waals surface area contributed by atoms with Crippen LogP contribution in [-0.4, -0.2) is 37.0 Å². The first-order valence-corrected chi connectivity index (χ1v) is 7.08. The predicted octanol–water partition coefficient (Wildman–Crippen LogP) is 1.58. The number of carbonyl (C=O) groups is 1. The van der Waals surface area contributed by atoms with E-state index in [2.05, 4.69) is 27.9 Å². The van der Waals surface area contributed by atoms with Crippen LogP contribution in [0.15, 0.2) is 24.3 Å². The molecule has 1 aromatic carbocycles. The maximum Gasteiger partial charge on any atom is 0.254 e. The van der Waals surface area contributed by atoms with Crippen molar-refractivity contribution in [1.82, 2.24) is 10.2 Å². The molecule has 0 bridgehead atoms. The van der Waals surface area contributed by atoms with Crippen LogP contribution in [-0.2, 0) is 0 Å².